The van der Waals surface area contributed by atoms with Crippen molar-refractivity contribution in [3.63, 3.8) is 0 Å². The summed E-state index contributed by atoms with van der Waals surface area (Å²) in [4.78, 5) is 48.1. The van der Waals surface area contributed by atoms with Gasteiger partial charge in [0.1, 0.15) is 5.69 Å². The van der Waals surface area contributed by atoms with E-state index in [1.165, 1.54) is 11.8 Å². The third-order valence-electron chi connectivity index (χ3n) is 7.32. The normalized spacial score (nSPS) is 16.6. The van der Waals surface area contributed by atoms with E-state index in [0.29, 0.717) is 49.4 Å². The van der Waals surface area contributed by atoms with Crippen LogP contribution in [-0.4, -0.2) is 82.7 Å². The van der Waals surface area contributed by atoms with Crippen molar-refractivity contribution < 1.29 is 14.4 Å². The highest BCUT2D eigenvalue weighted by Gasteiger charge is 2.25. The molecule has 0 spiro atoms. The van der Waals surface area contributed by atoms with Crippen LogP contribution in [0.3, 0.4) is 0 Å². The summed E-state index contributed by atoms with van der Waals surface area (Å²) in [5.74, 6) is -0.193. The number of benzene rings is 1. The van der Waals surface area contributed by atoms with Gasteiger partial charge in [0.2, 0.25) is 5.91 Å². The number of nitriles is 1. The standard InChI is InChI=1S/C29H36N6O3/c1-2-3-4-27(36)34-15-17-35(18-16-34)29(38)24-9-10-26(31-20-24)28(37)32-25-11-13-33(14-12-25)21-23-7-5-22(19-30)6-8-23/h5-10,20,25H,2-4,11-18,21H2,1H3,(H,32,37). The van der Waals surface area contributed by atoms with E-state index in [1.54, 1.807) is 17.0 Å². The first-order valence-electron chi connectivity index (χ1n) is 13.5. The molecule has 9 nitrogen and oxygen atoms in total. The lowest BCUT2D eigenvalue weighted by molar-refractivity contribution is -0.132. The number of nitrogens with one attached hydrogen (secondary N) is 1. The van der Waals surface area contributed by atoms with Crippen molar-refractivity contribution in [1.82, 2.24) is 25.0 Å². The van der Waals surface area contributed by atoms with Crippen molar-refractivity contribution in [3.8, 4) is 6.07 Å². The van der Waals surface area contributed by atoms with E-state index >= 15 is 0 Å². The molecule has 0 radical (unpaired) electrons. The predicted molar refractivity (Wildman–Crippen MR) is 143 cm³/mol. The summed E-state index contributed by atoms with van der Waals surface area (Å²) in [7, 11) is 0. The van der Waals surface area contributed by atoms with Crippen LogP contribution in [0.1, 0.15) is 71.0 Å². The minimum Gasteiger partial charge on any atom is -0.348 e. The van der Waals surface area contributed by atoms with Crippen LogP contribution in [0.5, 0.6) is 0 Å². The average molecular weight is 517 g/mol. The second-order valence-corrected chi connectivity index (χ2v) is 10.0. The number of hydrogen-bond acceptors (Lipinski definition) is 6. The molecule has 4 rings (SSSR count). The van der Waals surface area contributed by atoms with Crippen LogP contribution in [0, 0.1) is 11.3 Å². The quantitative estimate of drug-likeness (QED) is 0.578. The molecule has 3 heterocycles. The van der Waals surface area contributed by atoms with Gasteiger partial charge in [0.25, 0.3) is 11.8 Å². The lowest BCUT2D eigenvalue weighted by Crippen LogP contribution is -2.50. The zero-order valence-electron chi connectivity index (χ0n) is 22.1. The minimum atomic E-state index is -0.228. The van der Waals surface area contributed by atoms with E-state index in [4.69, 9.17) is 5.26 Å². The summed E-state index contributed by atoms with van der Waals surface area (Å²) in [6.45, 7) is 6.76. The molecular weight excluding hydrogens is 480 g/mol. The Kier molecular flexibility index (Phi) is 9.44. The zero-order chi connectivity index (χ0) is 26.9. The third-order valence-corrected chi connectivity index (χ3v) is 7.32. The van der Waals surface area contributed by atoms with Crippen LogP contribution in [0.25, 0.3) is 0 Å². The molecule has 1 N–H and O–H groups in total. The van der Waals surface area contributed by atoms with Gasteiger partial charge in [0.05, 0.1) is 17.2 Å². The van der Waals surface area contributed by atoms with Gasteiger partial charge in [-0.2, -0.15) is 5.26 Å². The highest BCUT2D eigenvalue weighted by molar-refractivity contribution is 5.96. The Hall–Kier alpha value is -3.77. The smallest absolute Gasteiger partial charge is 0.270 e. The van der Waals surface area contributed by atoms with Gasteiger partial charge in [-0.3, -0.25) is 24.3 Å². The Morgan fingerprint density at radius 3 is 2.26 bits per heavy atom. The first kappa shape index (κ1) is 27.3. The van der Waals surface area contributed by atoms with Gasteiger partial charge < -0.3 is 15.1 Å². The van der Waals surface area contributed by atoms with Crippen LogP contribution in [0.4, 0.5) is 0 Å². The third kappa shape index (κ3) is 7.17. The highest BCUT2D eigenvalue weighted by Crippen LogP contribution is 2.16. The fourth-order valence-electron chi connectivity index (χ4n) is 4.92. The fourth-order valence-corrected chi connectivity index (χ4v) is 4.92. The van der Waals surface area contributed by atoms with E-state index in [-0.39, 0.29) is 23.8 Å². The molecule has 0 unspecified atom stereocenters. The van der Waals surface area contributed by atoms with Crippen molar-refractivity contribution in [2.24, 2.45) is 0 Å². The molecule has 1 aromatic carbocycles. The molecule has 38 heavy (non-hydrogen) atoms. The molecule has 2 aliphatic rings. The highest BCUT2D eigenvalue weighted by atomic mass is 16.2. The van der Waals surface area contributed by atoms with E-state index in [2.05, 4.69) is 28.2 Å². The van der Waals surface area contributed by atoms with Crippen LogP contribution in [0.2, 0.25) is 0 Å². The van der Waals surface area contributed by atoms with Gasteiger partial charge in [0, 0.05) is 64.5 Å². The van der Waals surface area contributed by atoms with Crippen LogP contribution < -0.4 is 5.32 Å². The summed E-state index contributed by atoms with van der Waals surface area (Å²) in [6, 6.07) is 13.1. The lowest BCUT2D eigenvalue weighted by Gasteiger charge is -2.34. The lowest BCUT2D eigenvalue weighted by atomic mass is 10.0. The number of amides is 3. The molecule has 2 saturated heterocycles. The molecular formula is C29H36N6O3. The number of piperazine rings is 1. The number of unbranched alkanes of at least 4 members (excludes halogenated alkanes) is 1. The van der Waals surface area contributed by atoms with Gasteiger partial charge in [-0.25, -0.2) is 0 Å². The van der Waals surface area contributed by atoms with Gasteiger partial charge in [-0.15, -0.1) is 0 Å². The number of carbonyl (C=O) groups excluding carboxylic acids is 3. The van der Waals surface area contributed by atoms with E-state index in [9.17, 15) is 14.4 Å². The SMILES string of the molecule is CCCCC(=O)N1CCN(C(=O)c2ccc(C(=O)NC3CCN(Cc4ccc(C#N)cc4)CC3)nc2)CC1. The van der Waals surface area contributed by atoms with Crippen LogP contribution >= 0.6 is 0 Å². The molecule has 9 heteroatoms. The number of hydrogen-bond donors (Lipinski definition) is 1. The Balaban J connectivity index is 1.21. The molecule has 0 bridgehead atoms. The molecule has 0 saturated carbocycles. The summed E-state index contributed by atoms with van der Waals surface area (Å²) in [6.07, 6.45) is 5.62. The number of rotatable bonds is 8. The molecule has 200 valence electrons. The minimum absolute atomic E-state index is 0.0826. The van der Waals surface area contributed by atoms with E-state index < -0.39 is 0 Å². The Morgan fingerprint density at radius 2 is 1.66 bits per heavy atom. The number of piperidine rings is 1. The second-order valence-electron chi connectivity index (χ2n) is 10.0. The molecule has 2 aromatic rings. The first-order valence-corrected chi connectivity index (χ1v) is 13.5. The maximum absolute atomic E-state index is 12.9. The molecule has 0 aliphatic carbocycles. The zero-order valence-corrected chi connectivity index (χ0v) is 22.1. The van der Waals surface area contributed by atoms with Gasteiger partial charge in [-0.05, 0) is 49.1 Å². The topological polar surface area (TPSA) is 110 Å². The van der Waals surface area contributed by atoms with Crippen molar-refractivity contribution in [1.29, 1.82) is 5.26 Å². The van der Waals surface area contributed by atoms with Crippen LogP contribution in [0.15, 0.2) is 42.6 Å². The number of carbonyl (C=O) groups is 3. The number of nitrogens with zero attached hydrogens (tertiary/aromatic N) is 5. The van der Waals surface area contributed by atoms with Gasteiger partial charge in [-0.1, -0.05) is 25.5 Å². The number of aromatic nitrogens is 1. The number of pyridine rings is 1. The van der Waals surface area contributed by atoms with Crippen LogP contribution in [-0.2, 0) is 11.3 Å². The molecule has 3 amide bonds. The average Bonchev–Trinajstić information content (AvgIpc) is 2.97. The predicted octanol–water partition coefficient (Wildman–Crippen LogP) is 2.82. The summed E-state index contributed by atoms with van der Waals surface area (Å²) >= 11 is 0. The van der Waals surface area contributed by atoms with Gasteiger partial charge >= 0.3 is 0 Å². The Morgan fingerprint density at radius 1 is 0.974 bits per heavy atom. The summed E-state index contributed by atoms with van der Waals surface area (Å²) in [5, 5.41) is 12.0. The van der Waals surface area contributed by atoms with Crippen molar-refractivity contribution >= 4 is 17.7 Å². The van der Waals surface area contributed by atoms with Gasteiger partial charge in [0.15, 0.2) is 0 Å². The maximum atomic E-state index is 12.9. The number of likely N-dealkylation sites (tertiary alicyclic amines) is 1. The Labute approximate surface area is 224 Å². The molecule has 2 fully saturated rings. The molecule has 2 aliphatic heterocycles. The largest absolute Gasteiger partial charge is 0.348 e. The van der Waals surface area contributed by atoms with Crippen molar-refractivity contribution in [2.75, 3.05) is 39.3 Å². The molecule has 0 atom stereocenters. The Bertz CT molecular complexity index is 1140. The van der Waals surface area contributed by atoms with Crippen molar-refractivity contribution in [3.05, 3.63) is 65.0 Å². The first-order chi connectivity index (χ1) is 18.5. The van der Waals surface area contributed by atoms with E-state index in [1.807, 2.05) is 29.2 Å². The summed E-state index contributed by atoms with van der Waals surface area (Å²) in [5.41, 5.74) is 2.58. The van der Waals surface area contributed by atoms with Crippen molar-refractivity contribution in [2.45, 2.75) is 51.6 Å². The monoisotopic (exact) mass is 516 g/mol. The molecule has 1 aromatic heterocycles. The summed E-state index contributed by atoms with van der Waals surface area (Å²) < 4.78 is 0. The maximum Gasteiger partial charge on any atom is 0.270 e. The fraction of sp³-hybridized carbons (Fsp3) is 0.483. The second kappa shape index (κ2) is 13.2. The van der Waals surface area contributed by atoms with E-state index in [0.717, 1.165) is 45.3 Å².